The lowest BCUT2D eigenvalue weighted by Crippen LogP contribution is -2.37. The first-order valence-electron chi connectivity index (χ1n) is 6.88. The van der Waals surface area contributed by atoms with Gasteiger partial charge in [0.05, 0.1) is 7.11 Å². The Morgan fingerprint density at radius 1 is 1.26 bits per heavy atom. The molecular formula is C16H27NOS. The summed E-state index contributed by atoms with van der Waals surface area (Å²) in [4.78, 5) is 0. The largest absolute Gasteiger partial charge is 0.497 e. The molecule has 0 heterocycles. The van der Waals surface area contributed by atoms with Crippen molar-refractivity contribution in [3.05, 3.63) is 29.8 Å². The van der Waals surface area contributed by atoms with Gasteiger partial charge in [-0.3, -0.25) is 0 Å². The molecule has 1 unspecified atom stereocenters. The van der Waals surface area contributed by atoms with Gasteiger partial charge in [0.1, 0.15) is 5.75 Å². The predicted octanol–water partition coefficient (Wildman–Crippen LogP) is 3.75. The second kappa shape index (κ2) is 7.81. The summed E-state index contributed by atoms with van der Waals surface area (Å²) in [6.07, 6.45) is 4.44. The van der Waals surface area contributed by atoms with E-state index in [9.17, 15) is 0 Å². The Labute approximate surface area is 122 Å². The molecule has 1 atom stereocenters. The van der Waals surface area contributed by atoms with E-state index in [4.69, 9.17) is 4.74 Å². The fraction of sp³-hybridized carbons (Fsp3) is 0.625. The molecule has 0 aliphatic rings. The monoisotopic (exact) mass is 281 g/mol. The Hall–Kier alpha value is -0.670. The Morgan fingerprint density at radius 3 is 2.42 bits per heavy atom. The van der Waals surface area contributed by atoms with Gasteiger partial charge >= 0.3 is 0 Å². The van der Waals surface area contributed by atoms with E-state index in [1.807, 2.05) is 23.9 Å². The highest BCUT2D eigenvalue weighted by molar-refractivity contribution is 7.99. The van der Waals surface area contributed by atoms with Gasteiger partial charge in [-0.1, -0.05) is 12.1 Å². The summed E-state index contributed by atoms with van der Waals surface area (Å²) in [6.45, 7) is 7.87. The molecule has 0 spiro atoms. The third kappa shape index (κ3) is 6.35. The van der Waals surface area contributed by atoms with Crippen LogP contribution in [0.25, 0.3) is 0 Å². The molecule has 1 aromatic carbocycles. The lowest BCUT2D eigenvalue weighted by molar-refractivity contribution is 0.414. The summed E-state index contributed by atoms with van der Waals surface area (Å²) in [5, 5.41) is 3.62. The lowest BCUT2D eigenvalue weighted by atomic mass is 10.1. The second-order valence-electron chi connectivity index (χ2n) is 5.63. The van der Waals surface area contributed by atoms with E-state index in [1.54, 1.807) is 7.11 Å². The summed E-state index contributed by atoms with van der Waals surface area (Å²) in [5.41, 5.74) is 1.37. The number of hydrogen-bond acceptors (Lipinski definition) is 3. The van der Waals surface area contributed by atoms with Gasteiger partial charge in [0.25, 0.3) is 0 Å². The Morgan fingerprint density at radius 2 is 1.89 bits per heavy atom. The van der Waals surface area contributed by atoms with Crippen LogP contribution in [0.1, 0.15) is 32.8 Å². The van der Waals surface area contributed by atoms with Crippen molar-refractivity contribution >= 4 is 11.8 Å². The smallest absolute Gasteiger partial charge is 0.118 e. The van der Waals surface area contributed by atoms with Crippen molar-refractivity contribution in [2.45, 2.75) is 44.4 Å². The number of thioether (sulfide) groups is 1. The van der Waals surface area contributed by atoms with Crippen LogP contribution in [0.15, 0.2) is 24.3 Å². The van der Waals surface area contributed by atoms with Crippen molar-refractivity contribution in [2.75, 3.05) is 19.9 Å². The van der Waals surface area contributed by atoms with Crippen LogP contribution in [-0.2, 0) is 6.42 Å². The number of nitrogens with one attached hydrogen (secondary N) is 1. The summed E-state index contributed by atoms with van der Waals surface area (Å²) in [7, 11) is 1.70. The topological polar surface area (TPSA) is 21.3 Å². The molecule has 108 valence electrons. The molecule has 1 aromatic rings. The number of rotatable bonds is 8. The van der Waals surface area contributed by atoms with Crippen molar-refractivity contribution in [3.63, 3.8) is 0 Å². The Kier molecular flexibility index (Phi) is 6.73. The summed E-state index contributed by atoms with van der Waals surface area (Å²) >= 11 is 1.91. The third-order valence-electron chi connectivity index (χ3n) is 3.45. The van der Waals surface area contributed by atoms with Crippen LogP contribution >= 0.6 is 11.8 Å². The van der Waals surface area contributed by atoms with Crippen LogP contribution in [0.3, 0.4) is 0 Å². The van der Waals surface area contributed by atoms with Crippen LogP contribution in [-0.4, -0.2) is 30.7 Å². The van der Waals surface area contributed by atoms with E-state index < -0.39 is 0 Å². The molecule has 0 bridgehead atoms. The maximum atomic E-state index is 5.17. The fourth-order valence-electron chi connectivity index (χ4n) is 1.77. The first-order valence-corrected chi connectivity index (χ1v) is 8.11. The summed E-state index contributed by atoms with van der Waals surface area (Å²) in [5.74, 6) is 0.927. The predicted molar refractivity (Wildman–Crippen MR) is 86.4 cm³/mol. The maximum absolute atomic E-state index is 5.17. The van der Waals surface area contributed by atoms with Crippen molar-refractivity contribution in [1.82, 2.24) is 5.32 Å². The van der Waals surface area contributed by atoms with Gasteiger partial charge in [0, 0.05) is 17.3 Å². The Bertz CT molecular complexity index is 362. The van der Waals surface area contributed by atoms with Gasteiger partial charge in [-0.2, -0.15) is 11.8 Å². The van der Waals surface area contributed by atoms with Crippen LogP contribution in [0.2, 0.25) is 0 Å². The molecule has 0 fully saturated rings. The molecule has 0 aliphatic heterocycles. The van der Waals surface area contributed by atoms with E-state index in [0.717, 1.165) is 25.1 Å². The van der Waals surface area contributed by atoms with Crippen LogP contribution in [0.5, 0.6) is 5.75 Å². The molecule has 0 saturated carbocycles. The molecular weight excluding hydrogens is 254 g/mol. The highest BCUT2D eigenvalue weighted by Crippen LogP contribution is 2.20. The molecule has 0 radical (unpaired) electrons. The van der Waals surface area contributed by atoms with Crippen LogP contribution in [0.4, 0.5) is 0 Å². The molecule has 1 N–H and O–H groups in total. The molecule has 2 nitrogen and oxygen atoms in total. The molecule has 0 aliphatic carbocycles. The normalized spacial score (nSPS) is 13.3. The molecule has 0 amide bonds. The average Bonchev–Trinajstić information content (AvgIpc) is 2.43. The molecule has 0 saturated heterocycles. The lowest BCUT2D eigenvalue weighted by Gasteiger charge is -2.25. The van der Waals surface area contributed by atoms with Gasteiger partial charge in [-0.25, -0.2) is 0 Å². The summed E-state index contributed by atoms with van der Waals surface area (Å²) in [6, 6.07) is 8.91. The third-order valence-corrected chi connectivity index (χ3v) is 4.70. The van der Waals surface area contributed by atoms with Gasteiger partial charge in [0.15, 0.2) is 0 Å². The van der Waals surface area contributed by atoms with Crippen molar-refractivity contribution in [1.29, 1.82) is 0 Å². The van der Waals surface area contributed by atoms with E-state index in [2.05, 4.69) is 44.5 Å². The molecule has 0 aromatic heterocycles. The minimum absolute atomic E-state index is 0.314. The summed E-state index contributed by atoms with van der Waals surface area (Å²) < 4.78 is 5.48. The second-order valence-corrected chi connectivity index (χ2v) is 7.15. The highest BCUT2D eigenvalue weighted by Gasteiger charge is 2.16. The zero-order valence-electron chi connectivity index (χ0n) is 12.8. The van der Waals surface area contributed by atoms with E-state index in [1.165, 1.54) is 5.56 Å². The first kappa shape index (κ1) is 16.4. The molecule has 19 heavy (non-hydrogen) atoms. The number of methoxy groups -OCH3 is 1. The zero-order chi connectivity index (χ0) is 14.3. The van der Waals surface area contributed by atoms with E-state index >= 15 is 0 Å². The maximum Gasteiger partial charge on any atom is 0.118 e. The van der Waals surface area contributed by atoms with Crippen molar-refractivity contribution in [2.24, 2.45) is 0 Å². The fourth-order valence-corrected chi connectivity index (χ4v) is 2.00. The van der Waals surface area contributed by atoms with Gasteiger partial charge in [-0.15, -0.1) is 0 Å². The quantitative estimate of drug-likeness (QED) is 0.784. The Balaban J connectivity index is 2.31. The minimum atomic E-state index is 0.314. The minimum Gasteiger partial charge on any atom is -0.497 e. The number of hydrogen-bond donors (Lipinski definition) is 1. The van der Waals surface area contributed by atoms with E-state index in [-0.39, 0.29) is 0 Å². The first-order chi connectivity index (χ1) is 8.96. The molecule has 3 heteroatoms. The average molecular weight is 281 g/mol. The van der Waals surface area contributed by atoms with Crippen LogP contribution in [0, 0.1) is 0 Å². The SMILES string of the molecule is COc1ccc(CCC(C)NCC(C)(C)SC)cc1. The van der Waals surface area contributed by atoms with Gasteiger partial charge in [-0.05, 0) is 57.6 Å². The van der Waals surface area contributed by atoms with Gasteiger partial charge in [0.2, 0.25) is 0 Å². The zero-order valence-corrected chi connectivity index (χ0v) is 13.6. The molecule has 1 rings (SSSR count). The standard InChI is InChI=1S/C16H27NOS/c1-13(17-12-16(2,3)19-5)6-7-14-8-10-15(18-4)11-9-14/h8-11,13,17H,6-7,12H2,1-5H3. The highest BCUT2D eigenvalue weighted by atomic mass is 32.2. The van der Waals surface area contributed by atoms with Crippen LogP contribution < -0.4 is 10.1 Å². The van der Waals surface area contributed by atoms with Crippen molar-refractivity contribution < 1.29 is 4.74 Å². The van der Waals surface area contributed by atoms with Gasteiger partial charge < -0.3 is 10.1 Å². The number of ether oxygens (including phenoxy) is 1. The van der Waals surface area contributed by atoms with E-state index in [0.29, 0.717) is 10.8 Å². The number of aryl methyl sites for hydroxylation is 1. The number of benzene rings is 1. The van der Waals surface area contributed by atoms with Crippen molar-refractivity contribution in [3.8, 4) is 5.75 Å².